The van der Waals surface area contributed by atoms with Crippen LogP contribution >= 0.6 is 0 Å². The van der Waals surface area contributed by atoms with Crippen LogP contribution in [0, 0.1) is 18.6 Å². The molecule has 1 N–H and O–H groups in total. The van der Waals surface area contributed by atoms with Gasteiger partial charge in [-0.15, -0.1) is 0 Å². The monoisotopic (exact) mass is 368 g/mol. The fourth-order valence-electron chi connectivity index (χ4n) is 2.74. The first-order chi connectivity index (χ1) is 13.0. The highest BCUT2D eigenvalue weighted by atomic mass is 19.1. The summed E-state index contributed by atoms with van der Waals surface area (Å²) in [5, 5.41) is 7.81. The van der Waals surface area contributed by atoms with Gasteiger partial charge in [0.2, 0.25) is 0 Å². The third-order valence-electron chi connectivity index (χ3n) is 4.09. The number of nitrogens with zero attached hydrogens (tertiary/aromatic N) is 3. The Labute approximate surface area is 152 Å². The summed E-state index contributed by atoms with van der Waals surface area (Å²) in [5.74, 6) is -0.941. The highest BCUT2D eigenvalue weighted by molar-refractivity contribution is 5.91. The lowest BCUT2D eigenvalue weighted by Gasteiger charge is -2.07. The number of nitrogens with one attached hydrogen (secondary N) is 1. The number of H-pyrrole nitrogens is 1. The molecule has 27 heavy (non-hydrogen) atoms. The minimum absolute atomic E-state index is 0.0856. The summed E-state index contributed by atoms with van der Waals surface area (Å²) in [4.78, 5) is 8.29. The fourth-order valence-corrected chi connectivity index (χ4v) is 2.74. The topological polar surface area (TPSA) is 72.9 Å². The zero-order valence-electron chi connectivity index (χ0n) is 14.5. The van der Waals surface area contributed by atoms with Crippen molar-refractivity contribution in [2.45, 2.75) is 6.92 Å². The summed E-state index contributed by atoms with van der Waals surface area (Å²) in [6.45, 7) is 1.96. The Balaban J connectivity index is 1.69. The lowest BCUT2D eigenvalue weighted by molar-refractivity contribution is 0.409. The van der Waals surface area contributed by atoms with E-state index in [-0.39, 0.29) is 11.8 Å². The van der Waals surface area contributed by atoms with Crippen molar-refractivity contribution in [1.29, 1.82) is 0 Å². The lowest BCUT2D eigenvalue weighted by atomic mass is 10.0. The van der Waals surface area contributed by atoms with E-state index < -0.39 is 11.6 Å². The molecular weight excluding hydrogens is 354 g/mol. The summed E-state index contributed by atoms with van der Waals surface area (Å²) in [7, 11) is 1.61. The molecule has 0 aliphatic heterocycles. The van der Waals surface area contributed by atoms with E-state index in [0.29, 0.717) is 11.0 Å². The van der Waals surface area contributed by atoms with E-state index in [0.717, 1.165) is 34.7 Å². The molecule has 0 saturated carbocycles. The van der Waals surface area contributed by atoms with Crippen molar-refractivity contribution >= 4 is 11.0 Å². The summed E-state index contributed by atoms with van der Waals surface area (Å²) in [6.07, 6.45) is 1.54. The van der Waals surface area contributed by atoms with Crippen molar-refractivity contribution in [3.05, 3.63) is 59.8 Å². The van der Waals surface area contributed by atoms with Crippen LogP contribution in [0.25, 0.3) is 22.3 Å². The quantitative estimate of drug-likeness (QED) is 0.578. The number of methoxy groups -OCH3 is 1. The molecule has 2 aromatic heterocycles. The van der Waals surface area contributed by atoms with Gasteiger partial charge in [0.1, 0.15) is 11.6 Å². The lowest BCUT2D eigenvalue weighted by Crippen LogP contribution is -1.95. The first-order valence-corrected chi connectivity index (χ1v) is 8.04. The standard InChI is InChI=1S/C19H14F2N4O2/c1-10-7-12(26-2)4-5-13(10)17-14-9-22-19(23-18(14)25-24-17)27-16-6-3-11(20)8-15(16)21/h3-9H,1-2H3,(H,22,23,24,25). The zero-order chi connectivity index (χ0) is 19.0. The smallest absolute Gasteiger partial charge is 0.324 e. The predicted molar refractivity (Wildman–Crippen MR) is 94.8 cm³/mol. The zero-order valence-corrected chi connectivity index (χ0v) is 14.5. The molecule has 0 bridgehead atoms. The Bertz CT molecular complexity index is 1140. The number of benzene rings is 2. The number of aryl methyl sites for hydroxylation is 1. The molecule has 0 saturated heterocycles. The molecule has 0 unspecified atom stereocenters. The molecule has 0 atom stereocenters. The number of rotatable bonds is 4. The highest BCUT2D eigenvalue weighted by Gasteiger charge is 2.14. The first kappa shape index (κ1) is 16.9. The maximum atomic E-state index is 13.7. The molecule has 6 nitrogen and oxygen atoms in total. The van der Waals surface area contributed by atoms with Gasteiger partial charge < -0.3 is 9.47 Å². The average Bonchev–Trinajstić information content (AvgIpc) is 3.07. The van der Waals surface area contributed by atoms with E-state index in [1.807, 2.05) is 25.1 Å². The fraction of sp³-hybridized carbons (Fsp3) is 0.105. The Morgan fingerprint density at radius 3 is 2.67 bits per heavy atom. The molecule has 2 aromatic carbocycles. The van der Waals surface area contributed by atoms with Gasteiger partial charge in [0.25, 0.3) is 0 Å². The van der Waals surface area contributed by atoms with Crippen LogP contribution in [0.4, 0.5) is 8.78 Å². The van der Waals surface area contributed by atoms with Crippen LogP contribution < -0.4 is 9.47 Å². The molecule has 8 heteroatoms. The molecule has 4 rings (SSSR count). The molecule has 0 spiro atoms. The van der Waals surface area contributed by atoms with Crippen molar-refractivity contribution in [1.82, 2.24) is 20.2 Å². The van der Waals surface area contributed by atoms with Crippen molar-refractivity contribution in [3.8, 4) is 28.8 Å². The van der Waals surface area contributed by atoms with Gasteiger partial charge in [0, 0.05) is 17.8 Å². The Morgan fingerprint density at radius 2 is 1.93 bits per heavy atom. The van der Waals surface area contributed by atoms with Gasteiger partial charge in [-0.2, -0.15) is 10.1 Å². The molecule has 2 heterocycles. The van der Waals surface area contributed by atoms with Crippen LogP contribution in [-0.4, -0.2) is 27.3 Å². The average molecular weight is 368 g/mol. The maximum Gasteiger partial charge on any atom is 0.324 e. The van der Waals surface area contributed by atoms with E-state index in [4.69, 9.17) is 9.47 Å². The van der Waals surface area contributed by atoms with Gasteiger partial charge in [-0.1, -0.05) is 0 Å². The number of hydrogen-bond donors (Lipinski definition) is 1. The number of ether oxygens (including phenoxy) is 2. The van der Waals surface area contributed by atoms with Gasteiger partial charge in [0.05, 0.1) is 18.2 Å². The van der Waals surface area contributed by atoms with Crippen molar-refractivity contribution < 1.29 is 18.3 Å². The summed E-state index contributed by atoms with van der Waals surface area (Å²) in [5.41, 5.74) is 3.05. The minimum Gasteiger partial charge on any atom is -0.497 e. The van der Waals surface area contributed by atoms with Crippen LogP contribution in [0.1, 0.15) is 5.56 Å². The van der Waals surface area contributed by atoms with Crippen molar-refractivity contribution in [2.75, 3.05) is 7.11 Å². The maximum absolute atomic E-state index is 13.7. The number of hydrogen-bond acceptors (Lipinski definition) is 5. The summed E-state index contributed by atoms with van der Waals surface area (Å²) >= 11 is 0. The molecule has 0 aliphatic rings. The third kappa shape index (κ3) is 3.17. The van der Waals surface area contributed by atoms with Gasteiger partial charge >= 0.3 is 6.01 Å². The number of aromatic nitrogens is 4. The van der Waals surface area contributed by atoms with Gasteiger partial charge in [-0.25, -0.2) is 13.8 Å². The van der Waals surface area contributed by atoms with Crippen molar-refractivity contribution in [3.63, 3.8) is 0 Å². The summed E-state index contributed by atoms with van der Waals surface area (Å²) < 4.78 is 37.2. The molecule has 0 radical (unpaired) electrons. The molecule has 4 aromatic rings. The molecule has 0 aliphatic carbocycles. The third-order valence-corrected chi connectivity index (χ3v) is 4.09. The first-order valence-electron chi connectivity index (χ1n) is 8.04. The van der Waals surface area contributed by atoms with Crippen LogP contribution in [-0.2, 0) is 0 Å². The normalized spacial score (nSPS) is 11.0. The molecular formula is C19H14F2N4O2. The Kier molecular flexibility index (Phi) is 4.15. The largest absolute Gasteiger partial charge is 0.497 e. The molecule has 0 amide bonds. The SMILES string of the molecule is COc1ccc(-c2[nH]nc3nc(Oc4ccc(F)cc4F)ncc23)c(C)c1. The highest BCUT2D eigenvalue weighted by Crippen LogP contribution is 2.31. The van der Waals surface area contributed by atoms with Crippen LogP contribution in [0.3, 0.4) is 0 Å². The van der Waals surface area contributed by atoms with E-state index in [2.05, 4.69) is 20.2 Å². The minimum atomic E-state index is -0.838. The van der Waals surface area contributed by atoms with E-state index in [9.17, 15) is 8.78 Å². The summed E-state index contributed by atoms with van der Waals surface area (Å²) in [6, 6.07) is 8.59. The van der Waals surface area contributed by atoms with Crippen molar-refractivity contribution in [2.24, 2.45) is 0 Å². The van der Waals surface area contributed by atoms with Gasteiger partial charge in [-0.3, -0.25) is 5.10 Å². The number of aromatic amines is 1. The second-order valence-electron chi connectivity index (χ2n) is 5.85. The second kappa shape index (κ2) is 6.64. The number of halogens is 2. The number of fused-ring (bicyclic) bond motifs is 1. The van der Waals surface area contributed by atoms with E-state index in [1.165, 1.54) is 6.07 Å². The molecule has 136 valence electrons. The van der Waals surface area contributed by atoms with E-state index in [1.54, 1.807) is 13.3 Å². The predicted octanol–water partition coefficient (Wildman–Crippen LogP) is 4.41. The Morgan fingerprint density at radius 1 is 1.07 bits per heavy atom. The van der Waals surface area contributed by atoms with Gasteiger partial charge in [0.15, 0.2) is 17.2 Å². The van der Waals surface area contributed by atoms with Crippen LogP contribution in [0.5, 0.6) is 17.5 Å². The van der Waals surface area contributed by atoms with E-state index >= 15 is 0 Å². The Hall–Kier alpha value is -3.55. The molecule has 0 fully saturated rings. The second-order valence-corrected chi connectivity index (χ2v) is 5.85. The van der Waals surface area contributed by atoms with Crippen LogP contribution in [0.2, 0.25) is 0 Å². The van der Waals surface area contributed by atoms with Gasteiger partial charge in [-0.05, 0) is 42.8 Å². The van der Waals surface area contributed by atoms with Crippen LogP contribution in [0.15, 0.2) is 42.6 Å².